The lowest BCUT2D eigenvalue weighted by Gasteiger charge is -2.10. The number of pyridine rings is 1. The molecule has 106 valence electrons. The molecule has 3 nitrogen and oxygen atoms in total. The zero-order valence-electron chi connectivity index (χ0n) is 9.99. The van der Waals surface area contributed by atoms with Crippen LogP contribution in [0.1, 0.15) is 5.56 Å². The molecule has 1 heterocycles. The number of benzene rings is 1. The molecular formula is C13H9F4NO2. The number of aliphatic hydroxyl groups is 1. The van der Waals surface area contributed by atoms with Crippen molar-refractivity contribution in [2.45, 2.75) is 13.0 Å². The van der Waals surface area contributed by atoms with E-state index in [4.69, 9.17) is 5.11 Å². The van der Waals surface area contributed by atoms with Crippen LogP contribution < -0.4 is 4.74 Å². The monoisotopic (exact) mass is 287 g/mol. The molecule has 0 bridgehead atoms. The second kappa shape index (κ2) is 5.46. The van der Waals surface area contributed by atoms with Crippen LogP contribution in [0.15, 0.2) is 36.5 Å². The standard InChI is InChI=1S/C13H9F4NO2/c14-11-9(7-19)5-6-18-12(11)8-1-3-10(4-2-8)20-13(15,16)17/h1-6,19H,7H2. The van der Waals surface area contributed by atoms with Gasteiger partial charge in [-0.15, -0.1) is 13.2 Å². The third-order valence-corrected chi connectivity index (χ3v) is 2.50. The second-order valence-electron chi connectivity index (χ2n) is 3.86. The first-order valence-corrected chi connectivity index (χ1v) is 5.51. The maximum atomic E-state index is 13.9. The van der Waals surface area contributed by atoms with E-state index in [0.717, 1.165) is 12.1 Å². The molecule has 1 aromatic heterocycles. The number of hydrogen-bond donors (Lipinski definition) is 1. The number of alkyl halides is 3. The lowest BCUT2D eigenvalue weighted by molar-refractivity contribution is -0.274. The van der Waals surface area contributed by atoms with E-state index >= 15 is 0 Å². The van der Waals surface area contributed by atoms with Gasteiger partial charge in [-0.05, 0) is 30.3 Å². The predicted molar refractivity (Wildman–Crippen MR) is 62.2 cm³/mol. The average molecular weight is 287 g/mol. The van der Waals surface area contributed by atoms with Crippen molar-refractivity contribution < 1.29 is 27.4 Å². The minimum atomic E-state index is -4.78. The number of nitrogens with zero attached hydrogens (tertiary/aromatic N) is 1. The fourth-order valence-electron chi connectivity index (χ4n) is 1.62. The molecule has 7 heteroatoms. The number of hydrogen-bond acceptors (Lipinski definition) is 3. The molecule has 1 N–H and O–H groups in total. The summed E-state index contributed by atoms with van der Waals surface area (Å²) in [4.78, 5) is 3.81. The summed E-state index contributed by atoms with van der Waals surface area (Å²) in [5, 5.41) is 8.95. The van der Waals surface area contributed by atoms with Crippen LogP contribution in [0.4, 0.5) is 17.6 Å². The van der Waals surface area contributed by atoms with E-state index in [9.17, 15) is 17.6 Å². The van der Waals surface area contributed by atoms with Gasteiger partial charge in [-0.3, -0.25) is 4.98 Å². The van der Waals surface area contributed by atoms with E-state index in [0.29, 0.717) is 0 Å². The molecule has 0 unspecified atom stereocenters. The molecule has 1 aromatic carbocycles. The number of rotatable bonds is 3. The van der Waals surface area contributed by atoms with Gasteiger partial charge in [0.2, 0.25) is 0 Å². The van der Waals surface area contributed by atoms with Gasteiger partial charge in [-0.1, -0.05) is 0 Å². The summed E-state index contributed by atoms with van der Waals surface area (Å²) < 4.78 is 53.6. The van der Waals surface area contributed by atoms with E-state index in [1.165, 1.54) is 24.4 Å². The van der Waals surface area contributed by atoms with Gasteiger partial charge >= 0.3 is 6.36 Å². The maximum Gasteiger partial charge on any atom is 0.573 e. The summed E-state index contributed by atoms with van der Waals surface area (Å²) in [6.07, 6.45) is -3.47. The Labute approximate surface area is 111 Å². The Bertz CT molecular complexity index is 596. The Kier molecular flexibility index (Phi) is 3.89. The molecule has 0 atom stereocenters. The van der Waals surface area contributed by atoms with Crippen LogP contribution in [0, 0.1) is 5.82 Å². The van der Waals surface area contributed by atoms with Crippen molar-refractivity contribution in [3.05, 3.63) is 47.9 Å². The summed E-state index contributed by atoms with van der Waals surface area (Å²) in [7, 11) is 0. The zero-order valence-corrected chi connectivity index (χ0v) is 9.99. The Morgan fingerprint density at radius 3 is 2.30 bits per heavy atom. The van der Waals surface area contributed by atoms with Crippen molar-refractivity contribution in [1.29, 1.82) is 0 Å². The first kappa shape index (κ1) is 14.3. The Balaban J connectivity index is 2.31. The Hall–Kier alpha value is -2.15. The minimum absolute atomic E-state index is 0.0462. The van der Waals surface area contributed by atoms with Crippen LogP contribution in [0.5, 0.6) is 5.75 Å². The van der Waals surface area contributed by atoms with Crippen molar-refractivity contribution in [2.75, 3.05) is 0 Å². The van der Waals surface area contributed by atoms with Crippen molar-refractivity contribution in [1.82, 2.24) is 4.98 Å². The first-order chi connectivity index (χ1) is 9.40. The number of aliphatic hydroxyl groups excluding tert-OH is 1. The van der Waals surface area contributed by atoms with Gasteiger partial charge in [-0.25, -0.2) is 4.39 Å². The highest BCUT2D eigenvalue weighted by atomic mass is 19.4. The topological polar surface area (TPSA) is 42.4 Å². The second-order valence-corrected chi connectivity index (χ2v) is 3.86. The highest BCUT2D eigenvalue weighted by molar-refractivity contribution is 5.61. The van der Waals surface area contributed by atoms with Gasteiger partial charge in [0, 0.05) is 17.3 Å². The molecule has 0 aliphatic heterocycles. The van der Waals surface area contributed by atoms with Crippen LogP contribution in [0.3, 0.4) is 0 Å². The summed E-state index contributed by atoms with van der Waals surface area (Å²) in [5.74, 6) is -1.11. The van der Waals surface area contributed by atoms with Crippen LogP contribution in [-0.2, 0) is 6.61 Å². The van der Waals surface area contributed by atoms with Gasteiger partial charge in [0.25, 0.3) is 0 Å². The van der Waals surface area contributed by atoms with Crippen LogP contribution >= 0.6 is 0 Å². The lowest BCUT2D eigenvalue weighted by atomic mass is 10.1. The van der Waals surface area contributed by atoms with Gasteiger partial charge in [0.1, 0.15) is 11.4 Å². The predicted octanol–water partition coefficient (Wildman–Crippen LogP) is 3.28. The SMILES string of the molecule is OCc1ccnc(-c2ccc(OC(F)(F)F)cc2)c1F. The highest BCUT2D eigenvalue weighted by Gasteiger charge is 2.31. The molecule has 0 aliphatic carbocycles. The smallest absolute Gasteiger partial charge is 0.406 e. The minimum Gasteiger partial charge on any atom is -0.406 e. The fraction of sp³-hybridized carbons (Fsp3) is 0.154. The molecule has 0 spiro atoms. The molecule has 2 rings (SSSR count). The van der Waals surface area contributed by atoms with Crippen LogP contribution in [-0.4, -0.2) is 16.5 Å². The summed E-state index contributed by atoms with van der Waals surface area (Å²) in [6, 6.07) is 5.96. The number of ether oxygens (including phenoxy) is 1. The quantitative estimate of drug-likeness (QED) is 0.881. The van der Waals surface area contributed by atoms with Crippen LogP contribution in [0.2, 0.25) is 0 Å². The largest absolute Gasteiger partial charge is 0.573 e. The molecule has 0 amide bonds. The van der Waals surface area contributed by atoms with Crippen molar-refractivity contribution in [3.8, 4) is 17.0 Å². The molecule has 0 aliphatic rings. The molecular weight excluding hydrogens is 278 g/mol. The normalized spacial score (nSPS) is 11.4. The van der Waals surface area contributed by atoms with Gasteiger partial charge in [0.05, 0.1) is 6.61 Å². The molecule has 0 saturated heterocycles. The van der Waals surface area contributed by atoms with E-state index in [1.807, 2.05) is 0 Å². The molecule has 0 saturated carbocycles. The first-order valence-electron chi connectivity index (χ1n) is 5.51. The Morgan fingerprint density at radius 2 is 1.75 bits per heavy atom. The fourth-order valence-corrected chi connectivity index (χ4v) is 1.62. The van der Waals surface area contributed by atoms with Crippen molar-refractivity contribution >= 4 is 0 Å². The van der Waals surface area contributed by atoms with Gasteiger partial charge < -0.3 is 9.84 Å². The van der Waals surface area contributed by atoms with E-state index in [-0.39, 0.29) is 16.8 Å². The number of halogens is 4. The lowest BCUT2D eigenvalue weighted by Crippen LogP contribution is -2.16. The summed E-state index contributed by atoms with van der Waals surface area (Å²) in [6.45, 7) is -0.489. The van der Waals surface area contributed by atoms with Gasteiger partial charge in [-0.2, -0.15) is 0 Å². The summed E-state index contributed by atoms with van der Waals surface area (Å²) in [5.41, 5.74) is 0.299. The van der Waals surface area contributed by atoms with E-state index in [1.54, 1.807) is 0 Å². The third-order valence-electron chi connectivity index (χ3n) is 2.50. The molecule has 20 heavy (non-hydrogen) atoms. The van der Waals surface area contributed by atoms with Crippen molar-refractivity contribution in [2.24, 2.45) is 0 Å². The highest BCUT2D eigenvalue weighted by Crippen LogP contribution is 2.27. The third kappa shape index (κ3) is 3.24. The maximum absolute atomic E-state index is 13.9. The molecule has 2 aromatic rings. The molecule has 0 fully saturated rings. The number of aromatic nitrogens is 1. The van der Waals surface area contributed by atoms with E-state index in [2.05, 4.69) is 9.72 Å². The Morgan fingerprint density at radius 1 is 1.10 bits per heavy atom. The summed E-state index contributed by atoms with van der Waals surface area (Å²) >= 11 is 0. The van der Waals surface area contributed by atoms with Crippen LogP contribution in [0.25, 0.3) is 11.3 Å². The average Bonchev–Trinajstić information content (AvgIpc) is 2.38. The molecule has 0 radical (unpaired) electrons. The van der Waals surface area contributed by atoms with Gasteiger partial charge in [0.15, 0.2) is 5.82 Å². The van der Waals surface area contributed by atoms with E-state index < -0.39 is 24.5 Å². The zero-order chi connectivity index (χ0) is 14.8. The van der Waals surface area contributed by atoms with Crippen molar-refractivity contribution in [3.63, 3.8) is 0 Å².